The molecule has 122 valence electrons. The van der Waals surface area contributed by atoms with E-state index in [9.17, 15) is 14.4 Å². The molecule has 1 fully saturated rings. The normalized spacial score (nSPS) is 16.5. The van der Waals surface area contributed by atoms with E-state index in [4.69, 9.17) is 4.74 Å². The standard InChI is InChI=1S/C14H22N4O4/c1-14(2,18-5-7-22-8-6-18)10-15-12(20)9-17-4-3-11(19)16-13(17)21/h3-4H,5-10H2,1-2H3,(H,15,20)(H,16,19,21). The third kappa shape index (κ3) is 4.28. The number of H-pyrrole nitrogens is 1. The Bertz CT molecular complexity index is 628. The molecule has 0 unspecified atom stereocenters. The summed E-state index contributed by atoms with van der Waals surface area (Å²) in [6.07, 6.45) is 1.31. The Morgan fingerprint density at radius 1 is 1.36 bits per heavy atom. The van der Waals surface area contributed by atoms with E-state index in [0.29, 0.717) is 19.8 Å². The summed E-state index contributed by atoms with van der Waals surface area (Å²) in [6, 6.07) is 1.21. The number of aromatic amines is 1. The minimum Gasteiger partial charge on any atom is -0.379 e. The number of morpholine rings is 1. The lowest BCUT2D eigenvalue weighted by atomic mass is 10.0. The highest BCUT2D eigenvalue weighted by Gasteiger charge is 2.28. The molecule has 0 atom stereocenters. The van der Waals surface area contributed by atoms with E-state index in [2.05, 4.69) is 29.0 Å². The third-order valence-electron chi connectivity index (χ3n) is 3.80. The van der Waals surface area contributed by atoms with E-state index in [1.807, 2.05) is 0 Å². The highest BCUT2D eigenvalue weighted by Crippen LogP contribution is 2.14. The lowest BCUT2D eigenvalue weighted by Crippen LogP contribution is -2.55. The molecule has 8 nitrogen and oxygen atoms in total. The van der Waals surface area contributed by atoms with Crippen LogP contribution in [-0.4, -0.2) is 58.7 Å². The molecule has 0 radical (unpaired) electrons. The molecule has 1 saturated heterocycles. The van der Waals surface area contributed by atoms with Gasteiger partial charge >= 0.3 is 5.69 Å². The molecule has 22 heavy (non-hydrogen) atoms. The van der Waals surface area contributed by atoms with Crippen molar-refractivity contribution < 1.29 is 9.53 Å². The van der Waals surface area contributed by atoms with Crippen LogP contribution in [0.1, 0.15) is 13.8 Å². The Hall–Kier alpha value is -1.93. The Morgan fingerprint density at radius 3 is 2.68 bits per heavy atom. The van der Waals surface area contributed by atoms with E-state index in [1.54, 1.807) is 0 Å². The molecule has 0 saturated carbocycles. The number of nitrogens with zero attached hydrogens (tertiary/aromatic N) is 2. The van der Waals surface area contributed by atoms with Crippen molar-refractivity contribution in [2.24, 2.45) is 0 Å². The first-order valence-electron chi connectivity index (χ1n) is 7.28. The molecule has 0 aromatic carbocycles. The van der Waals surface area contributed by atoms with Crippen LogP contribution in [0.15, 0.2) is 21.9 Å². The van der Waals surface area contributed by atoms with Crippen molar-refractivity contribution >= 4 is 5.91 Å². The van der Waals surface area contributed by atoms with Crippen LogP contribution in [0, 0.1) is 0 Å². The predicted molar refractivity (Wildman–Crippen MR) is 80.8 cm³/mol. The van der Waals surface area contributed by atoms with Gasteiger partial charge in [0.1, 0.15) is 6.54 Å². The summed E-state index contributed by atoms with van der Waals surface area (Å²) in [7, 11) is 0. The van der Waals surface area contributed by atoms with Crippen molar-refractivity contribution in [1.82, 2.24) is 19.8 Å². The van der Waals surface area contributed by atoms with Gasteiger partial charge in [-0.15, -0.1) is 0 Å². The van der Waals surface area contributed by atoms with Crippen molar-refractivity contribution in [1.29, 1.82) is 0 Å². The van der Waals surface area contributed by atoms with Crippen molar-refractivity contribution in [3.8, 4) is 0 Å². The number of carbonyl (C=O) groups excluding carboxylic acids is 1. The summed E-state index contributed by atoms with van der Waals surface area (Å²) >= 11 is 0. The molecule has 1 aliphatic heterocycles. The van der Waals surface area contributed by atoms with Gasteiger partial charge in [0.05, 0.1) is 13.2 Å². The monoisotopic (exact) mass is 310 g/mol. The van der Waals surface area contributed by atoms with Crippen LogP contribution in [-0.2, 0) is 16.1 Å². The quantitative estimate of drug-likeness (QED) is 0.709. The molecule has 2 rings (SSSR count). The Balaban J connectivity index is 1.89. The fourth-order valence-corrected chi connectivity index (χ4v) is 2.37. The molecular formula is C14H22N4O4. The molecular weight excluding hydrogens is 288 g/mol. The fraction of sp³-hybridized carbons (Fsp3) is 0.643. The third-order valence-corrected chi connectivity index (χ3v) is 3.80. The van der Waals surface area contributed by atoms with Crippen LogP contribution in [0.4, 0.5) is 0 Å². The number of nitrogens with one attached hydrogen (secondary N) is 2. The van der Waals surface area contributed by atoms with E-state index < -0.39 is 11.2 Å². The van der Waals surface area contributed by atoms with Gasteiger partial charge in [0, 0.05) is 37.4 Å². The molecule has 0 bridgehead atoms. The predicted octanol–water partition coefficient (Wildman–Crippen LogP) is -1.24. The number of ether oxygens (including phenoxy) is 1. The lowest BCUT2D eigenvalue weighted by Gasteiger charge is -2.40. The molecule has 8 heteroatoms. The van der Waals surface area contributed by atoms with Crippen LogP contribution in [0.3, 0.4) is 0 Å². The summed E-state index contributed by atoms with van der Waals surface area (Å²) in [4.78, 5) is 38.9. The minimum absolute atomic E-state index is 0.116. The average molecular weight is 310 g/mol. The van der Waals surface area contributed by atoms with Crippen molar-refractivity contribution in [3.63, 3.8) is 0 Å². The minimum atomic E-state index is -0.588. The average Bonchev–Trinajstić information content (AvgIpc) is 2.49. The van der Waals surface area contributed by atoms with Gasteiger partial charge in [-0.3, -0.25) is 24.0 Å². The highest BCUT2D eigenvalue weighted by molar-refractivity contribution is 5.75. The summed E-state index contributed by atoms with van der Waals surface area (Å²) in [5.74, 6) is -0.268. The molecule has 1 amide bonds. The maximum atomic E-state index is 12.0. The maximum Gasteiger partial charge on any atom is 0.328 e. The lowest BCUT2D eigenvalue weighted by molar-refractivity contribution is -0.122. The smallest absolute Gasteiger partial charge is 0.328 e. The van der Waals surface area contributed by atoms with Gasteiger partial charge in [-0.25, -0.2) is 4.79 Å². The number of carbonyl (C=O) groups is 1. The number of amides is 1. The largest absolute Gasteiger partial charge is 0.379 e. The van der Waals surface area contributed by atoms with Crippen LogP contribution in [0.5, 0.6) is 0 Å². The summed E-state index contributed by atoms with van der Waals surface area (Å²) in [6.45, 7) is 7.55. The van der Waals surface area contributed by atoms with E-state index >= 15 is 0 Å². The number of hydrogen-bond donors (Lipinski definition) is 2. The van der Waals surface area contributed by atoms with E-state index in [0.717, 1.165) is 13.1 Å². The van der Waals surface area contributed by atoms with Crippen molar-refractivity contribution in [3.05, 3.63) is 33.1 Å². The first-order chi connectivity index (χ1) is 10.4. The Kier molecular flexibility index (Phi) is 5.15. The highest BCUT2D eigenvalue weighted by atomic mass is 16.5. The number of aromatic nitrogens is 2. The van der Waals surface area contributed by atoms with Gasteiger partial charge in [-0.05, 0) is 13.8 Å². The summed E-state index contributed by atoms with van der Waals surface area (Å²) in [5.41, 5.74) is -1.25. The van der Waals surface area contributed by atoms with E-state index in [1.165, 1.54) is 16.8 Å². The van der Waals surface area contributed by atoms with Gasteiger partial charge in [0.2, 0.25) is 5.91 Å². The molecule has 2 heterocycles. The van der Waals surface area contributed by atoms with E-state index in [-0.39, 0.29) is 18.0 Å². The summed E-state index contributed by atoms with van der Waals surface area (Å²) in [5, 5.41) is 2.84. The second-order valence-electron chi connectivity index (χ2n) is 5.93. The van der Waals surface area contributed by atoms with Crippen LogP contribution >= 0.6 is 0 Å². The topological polar surface area (TPSA) is 96.4 Å². The van der Waals surface area contributed by atoms with Gasteiger partial charge in [0.15, 0.2) is 0 Å². The van der Waals surface area contributed by atoms with Crippen molar-refractivity contribution in [2.75, 3.05) is 32.8 Å². The zero-order valence-electron chi connectivity index (χ0n) is 12.9. The van der Waals surface area contributed by atoms with Crippen LogP contribution in [0.25, 0.3) is 0 Å². The maximum absolute atomic E-state index is 12.0. The Labute approximate surface area is 128 Å². The van der Waals surface area contributed by atoms with Crippen LogP contribution < -0.4 is 16.6 Å². The molecule has 1 aromatic heterocycles. The number of rotatable bonds is 5. The fourth-order valence-electron chi connectivity index (χ4n) is 2.37. The summed E-state index contributed by atoms with van der Waals surface area (Å²) < 4.78 is 6.49. The zero-order valence-corrected chi connectivity index (χ0v) is 12.9. The molecule has 0 spiro atoms. The SMILES string of the molecule is CC(C)(CNC(=O)Cn1ccc(=O)[nH]c1=O)N1CCOCC1. The Morgan fingerprint density at radius 2 is 2.05 bits per heavy atom. The van der Waals surface area contributed by atoms with Gasteiger partial charge in [-0.1, -0.05) is 0 Å². The number of hydrogen-bond acceptors (Lipinski definition) is 5. The second kappa shape index (κ2) is 6.89. The van der Waals surface area contributed by atoms with Gasteiger partial charge in [0.25, 0.3) is 5.56 Å². The molecule has 1 aliphatic rings. The van der Waals surface area contributed by atoms with Gasteiger partial charge < -0.3 is 10.1 Å². The van der Waals surface area contributed by atoms with Crippen LogP contribution in [0.2, 0.25) is 0 Å². The second-order valence-corrected chi connectivity index (χ2v) is 5.93. The molecule has 0 aliphatic carbocycles. The zero-order chi connectivity index (χ0) is 16.2. The molecule has 2 N–H and O–H groups in total. The first kappa shape index (κ1) is 16.4. The van der Waals surface area contributed by atoms with Crippen molar-refractivity contribution in [2.45, 2.75) is 25.9 Å². The first-order valence-corrected chi connectivity index (χ1v) is 7.28. The van der Waals surface area contributed by atoms with Gasteiger partial charge in [-0.2, -0.15) is 0 Å². The molecule has 1 aromatic rings.